The van der Waals surface area contributed by atoms with E-state index in [1.807, 2.05) is 12.2 Å². The van der Waals surface area contributed by atoms with Crippen molar-refractivity contribution in [2.45, 2.75) is 37.1 Å². The van der Waals surface area contributed by atoms with Crippen LogP contribution < -0.4 is 10.5 Å². The minimum absolute atomic E-state index is 0.00297. The number of nitrogens with two attached hydrogens (primary N) is 1. The Labute approximate surface area is 163 Å². The van der Waals surface area contributed by atoms with Crippen LogP contribution in [-0.2, 0) is 24.4 Å². The van der Waals surface area contributed by atoms with Crippen LogP contribution in [-0.4, -0.2) is 37.6 Å². The first-order valence-electron chi connectivity index (χ1n) is 9.11. The Hall–Kier alpha value is -2.52. The minimum atomic E-state index is -3.77. The number of benzene rings is 1. The second kappa shape index (κ2) is 7.84. The van der Waals surface area contributed by atoms with Crippen LogP contribution in [0.15, 0.2) is 41.3 Å². The highest BCUT2D eigenvalue weighted by atomic mass is 32.2. The molecule has 1 heterocycles. The van der Waals surface area contributed by atoms with E-state index in [1.165, 1.54) is 17.0 Å². The number of amides is 3. The summed E-state index contributed by atoms with van der Waals surface area (Å²) >= 11 is 0. The van der Waals surface area contributed by atoms with Gasteiger partial charge in [-0.1, -0.05) is 24.3 Å². The zero-order chi connectivity index (χ0) is 20.5. The van der Waals surface area contributed by atoms with Gasteiger partial charge in [0, 0.05) is 13.0 Å². The van der Waals surface area contributed by atoms with Crippen LogP contribution in [0.4, 0.5) is 0 Å². The monoisotopic (exact) mass is 405 g/mol. The highest BCUT2D eigenvalue weighted by molar-refractivity contribution is 7.89. The summed E-state index contributed by atoms with van der Waals surface area (Å²) in [5, 5.41) is 7.86. The predicted molar refractivity (Wildman–Crippen MR) is 101 cm³/mol. The van der Waals surface area contributed by atoms with E-state index >= 15 is 0 Å². The Morgan fingerprint density at radius 3 is 2.18 bits per heavy atom. The Bertz CT molecular complexity index is 897. The first kappa shape index (κ1) is 20.2. The molecule has 0 radical (unpaired) electrons. The lowest BCUT2D eigenvalue weighted by Gasteiger charge is -2.17. The molecule has 1 saturated heterocycles. The van der Waals surface area contributed by atoms with Gasteiger partial charge in [-0.05, 0) is 37.5 Å². The first-order chi connectivity index (χ1) is 13.2. The fourth-order valence-electron chi connectivity index (χ4n) is 3.65. The van der Waals surface area contributed by atoms with Crippen molar-refractivity contribution >= 4 is 27.7 Å². The molecule has 8 nitrogen and oxygen atoms in total. The molecular weight excluding hydrogens is 382 g/mol. The molecule has 2 aliphatic rings. The standard InChI is InChI=1S/C19H23N3O5S/c1-12(13-6-8-14(9-7-13)28(20,26)27)21-17(23)10-11-22-18(24)15-4-2-3-5-16(15)19(22)25/h2-3,6-9,12,15-16H,4-5,10-11H2,1H3,(H,21,23)(H2,20,26,27)/t12-,15+,16+/m0/s1. The van der Waals surface area contributed by atoms with E-state index in [1.54, 1.807) is 19.1 Å². The molecule has 0 spiro atoms. The van der Waals surface area contributed by atoms with E-state index in [0.29, 0.717) is 18.4 Å². The number of sulfonamides is 1. The number of likely N-dealkylation sites (tertiary alicyclic amines) is 1. The fraction of sp³-hybridized carbons (Fsp3) is 0.421. The normalized spacial score (nSPS) is 22.9. The Morgan fingerprint density at radius 1 is 1.14 bits per heavy atom. The van der Waals surface area contributed by atoms with Gasteiger partial charge in [0.05, 0.1) is 22.8 Å². The van der Waals surface area contributed by atoms with Crippen LogP contribution >= 0.6 is 0 Å². The first-order valence-corrected chi connectivity index (χ1v) is 10.7. The molecule has 28 heavy (non-hydrogen) atoms. The smallest absolute Gasteiger partial charge is 0.238 e. The van der Waals surface area contributed by atoms with Gasteiger partial charge in [0.1, 0.15) is 0 Å². The van der Waals surface area contributed by atoms with E-state index in [9.17, 15) is 22.8 Å². The molecular formula is C19H23N3O5S. The average Bonchev–Trinajstić information content (AvgIpc) is 2.90. The second-order valence-electron chi connectivity index (χ2n) is 7.14. The summed E-state index contributed by atoms with van der Waals surface area (Å²) in [5.41, 5.74) is 0.714. The van der Waals surface area contributed by atoms with Crippen LogP contribution in [0.25, 0.3) is 0 Å². The van der Waals surface area contributed by atoms with Crippen molar-refractivity contribution in [2.24, 2.45) is 17.0 Å². The number of hydrogen-bond donors (Lipinski definition) is 2. The van der Waals surface area contributed by atoms with Crippen molar-refractivity contribution in [3.8, 4) is 0 Å². The summed E-state index contributed by atoms with van der Waals surface area (Å²) in [7, 11) is -3.77. The van der Waals surface area contributed by atoms with Crippen molar-refractivity contribution in [1.82, 2.24) is 10.2 Å². The summed E-state index contributed by atoms with van der Waals surface area (Å²) in [6.45, 7) is 1.82. The van der Waals surface area contributed by atoms with Crippen molar-refractivity contribution in [3.05, 3.63) is 42.0 Å². The van der Waals surface area contributed by atoms with Gasteiger partial charge in [0.15, 0.2) is 0 Å². The zero-order valence-electron chi connectivity index (χ0n) is 15.5. The quantitative estimate of drug-likeness (QED) is 0.536. The molecule has 1 aliphatic heterocycles. The van der Waals surface area contributed by atoms with Gasteiger partial charge in [0.25, 0.3) is 0 Å². The molecule has 0 saturated carbocycles. The lowest BCUT2D eigenvalue weighted by Crippen LogP contribution is -2.36. The van der Waals surface area contributed by atoms with Crippen LogP contribution in [0.3, 0.4) is 0 Å². The summed E-state index contributed by atoms with van der Waals surface area (Å²) < 4.78 is 22.6. The number of allylic oxidation sites excluding steroid dienone is 2. The lowest BCUT2D eigenvalue weighted by atomic mass is 9.85. The van der Waals surface area contributed by atoms with Crippen LogP contribution in [0, 0.1) is 11.8 Å². The van der Waals surface area contributed by atoms with Gasteiger partial charge < -0.3 is 5.32 Å². The van der Waals surface area contributed by atoms with Gasteiger partial charge in [-0.25, -0.2) is 13.6 Å². The maximum atomic E-state index is 12.4. The molecule has 3 atom stereocenters. The van der Waals surface area contributed by atoms with Crippen molar-refractivity contribution in [1.29, 1.82) is 0 Å². The number of nitrogens with zero attached hydrogens (tertiary/aromatic N) is 1. The number of fused-ring (bicyclic) bond motifs is 1. The van der Waals surface area contributed by atoms with E-state index in [4.69, 9.17) is 5.14 Å². The summed E-state index contributed by atoms with van der Waals surface area (Å²) in [6, 6.07) is 5.56. The number of rotatable bonds is 6. The molecule has 1 fully saturated rings. The lowest BCUT2D eigenvalue weighted by molar-refractivity contribution is -0.140. The third kappa shape index (κ3) is 4.15. The van der Waals surface area contributed by atoms with Crippen LogP contribution in [0.5, 0.6) is 0 Å². The topological polar surface area (TPSA) is 127 Å². The van der Waals surface area contributed by atoms with Crippen molar-refractivity contribution in [3.63, 3.8) is 0 Å². The Balaban J connectivity index is 1.54. The highest BCUT2D eigenvalue weighted by Gasteiger charge is 2.46. The third-order valence-corrected chi connectivity index (χ3v) is 6.18. The van der Waals surface area contributed by atoms with E-state index in [0.717, 1.165) is 0 Å². The molecule has 3 rings (SSSR count). The highest BCUT2D eigenvalue weighted by Crippen LogP contribution is 2.35. The second-order valence-corrected chi connectivity index (χ2v) is 8.70. The zero-order valence-corrected chi connectivity index (χ0v) is 16.3. The van der Waals surface area contributed by atoms with Gasteiger partial charge in [0.2, 0.25) is 27.7 Å². The third-order valence-electron chi connectivity index (χ3n) is 5.25. The van der Waals surface area contributed by atoms with Gasteiger partial charge >= 0.3 is 0 Å². The van der Waals surface area contributed by atoms with Crippen molar-refractivity contribution < 1.29 is 22.8 Å². The molecule has 3 amide bonds. The number of imide groups is 1. The molecule has 1 aromatic carbocycles. The number of hydrogen-bond acceptors (Lipinski definition) is 5. The summed E-state index contributed by atoms with van der Waals surface area (Å²) in [6.07, 6.45) is 5.01. The predicted octanol–water partition coefficient (Wildman–Crippen LogP) is 0.853. The number of nitrogens with one attached hydrogen (secondary N) is 1. The number of carbonyl (C=O) groups excluding carboxylic acids is 3. The van der Waals surface area contributed by atoms with Crippen molar-refractivity contribution in [2.75, 3.05) is 6.54 Å². The number of carbonyl (C=O) groups is 3. The fourth-order valence-corrected chi connectivity index (χ4v) is 4.16. The molecule has 1 aromatic rings. The molecule has 9 heteroatoms. The van der Waals surface area contributed by atoms with E-state index < -0.39 is 10.0 Å². The van der Waals surface area contributed by atoms with E-state index in [2.05, 4.69) is 5.32 Å². The summed E-state index contributed by atoms with van der Waals surface area (Å²) in [5.74, 6) is -1.28. The molecule has 0 aromatic heterocycles. The molecule has 0 unspecified atom stereocenters. The molecule has 3 N–H and O–H groups in total. The van der Waals surface area contributed by atoms with Gasteiger partial charge in [-0.3, -0.25) is 19.3 Å². The minimum Gasteiger partial charge on any atom is -0.350 e. The van der Waals surface area contributed by atoms with Gasteiger partial charge in [-0.2, -0.15) is 0 Å². The molecule has 150 valence electrons. The van der Waals surface area contributed by atoms with Crippen LogP contribution in [0.1, 0.15) is 37.8 Å². The maximum Gasteiger partial charge on any atom is 0.238 e. The average molecular weight is 405 g/mol. The molecule has 0 bridgehead atoms. The maximum absolute atomic E-state index is 12.4. The summed E-state index contributed by atoms with van der Waals surface area (Å²) in [4.78, 5) is 38.2. The van der Waals surface area contributed by atoms with E-state index in [-0.39, 0.29) is 53.5 Å². The molecule has 1 aliphatic carbocycles. The van der Waals surface area contributed by atoms with Crippen LogP contribution in [0.2, 0.25) is 0 Å². The number of primary sulfonamides is 1. The largest absolute Gasteiger partial charge is 0.350 e. The SMILES string of the molecule is C[C@H](NC(=O)CCN1C(=O)[C@@H]2CC=CC[C@H]2C1=O)c1ccc(S(N)(=O)=O)cc1. The van der Waals surface area contributed by atoms with Gasteiger partial charge in [-0.15, -0.1) is 0 Å². The Kier molecular flexibility index (Phi) is 5.66. The Morgan fingerprint density at radius 2 is 1.68 bits per heavy atom.